The van der Waals surface area contributed by atoms with Crippen LogP contribution in [-0.4, -0.2) is 45.1 Å². The third-order valence-electron chi connectivity index (χ3n) is 3.62. The van der Waals surface area contributed by atoms with Gasteiger partial charge in [-0.3, -0.25) is 0 Å². The fraction of sp³-hybridized carbons (Fsp3) is 0.412. The molecule has 21 heavy (non-hydrogen) atoms. The quantitative estimate of drug-likeness (QED) is 0.837. The van der Waals surface area contributed by atoms with Gasteiger partial charge in [-0.1, -0.05) is 18.2 Å². The van der Waals surface area contributed by atoms with E-state index in [0.717, 1.165) is 24.4 Å². The smallest absolute Gasteiger partial charge is 0.119 e. The number of aliphatic hydroxyl groups is 1. The highest BCUT2D eigenvalue weighted by Gasteiger charge is 2.11. The fourth-order valence-electron chi connectivity index (χ4n) is 2.37. The lowest BCUT2D eigenvalue weighted by molar-refractivity contribution is 0.142. The van der Waals surface area contributed by atoms with E-state index in [4.69, 9.17) is 9.47 Å². The van der Waals surface area contributed by atoms with Crippen molar-refractivity contribution in [1.29, 1.82) is 0 Å². The number of benzene rings is 1. The molecule has 0 heterocycles. The second-order valence-electron chi connectivity index (χ2n) is 4.99. The van der Waals surface area contributed by atoms with Crippen molar-refractivity contribution in [3.05, 3.63) is 48.1 Å². The largest absolute Gasteiger partial charge is 0.497 e. The molecule has 1 aromatic carbocycles. The second-order valence-corrected chi connectivity index (χ2v) is 4.99. The van der Waals surface area contributed by atoms with Crippen molar-refractivity contribution < 1.29 is 14.6 Å². The van der Waals surface area contributed by atoms with Crippen molar-refractivity contribution in [3.8, 4) is 5.75 Å². The number of hydrogen-bond acceptors (Lipinski definition) is 4. The summed E-state index contributed by atoms with van der Waals surface area (Å²) in [4.78, 5) is 2.16. The van der Waals surface area contributed by atoms with Gasteiger partial charge in [0.05, 0.1) is 19.8 Å². The van der Waals surface area contributed by atoms with E-state index < -0.39 is 0 Å². The zero-order valence-corrected chi connectivity index (χ0v) is 12.7. The maximum Gasteiger partial charge on any atom is 0.119 e. The molecule has 114 valence electrons. The average molecular weight is 289 g/mol. The molecule has 0 saturated heterocycles. The molecule has 1 aliphatic rings. The molecule has 0 bridgehead atoms. The van der Waals surface area contributed by atoms with Gasteiger partial charge < -0.3 is 19.5 Å². The third kappa shape index (κ3) is 4.34. The van der Waals surface area contributed by atoms with E-state index in [9.17, 15) is 5.11 Å². The summed E-state index contributed by atoms with van der Waals surface area (Å²) in [6.45, 7) is 1.51. The number of hydrogen-bond donors (Lipinski definition) is 1. The molecule has 2 rings (SSSR count). The monoisotopic (exact) mass is 289 g/mol. The lowest BCUT2D eigenvalue weighted by Crippen LogP contribution is -2.29. The molecule has 1 N–H and O–H groups in total. The lowest BCUT2D eigenvalue weighted by atomic mass is 10.0. The Balaban J connectivity index is 2.05. The summed E-state index contributed by atoms with van der Waals surface area (Å²) in [5.41, 5.74) is 2.32. The zero-order chi connectivity index (χ0) is 15.1. The van der Waals surface area contributed by atoms with Gasteiger partial charge in [0.2, 0.25) is 0 Å². The van der Waals surface area contributed by atoms with Gasteiger partial charge in [-0.05, 0) is 36.3 Å². The molecule has 1 aliphatic carbocycles. The summed E-state index contributed by atoms with van der Waals surface area (Å²) in [6.07, 6.45) is 7.47. The lowest BCUT2D eigenvalue weighted by Gasteiger charge is -2.26. The van der Waals surface area contributed by atoms with Crippen LogP contribution in [0.5, 0.6) is 5.75 Å². The first-order chi connectivity index (χ1) is 10.3. The average Bonchev–Trinajstić information content (AvgIpc) is 2.55. The molecule has 4 nitrogen and oxygen atoms in total. The van der Waals surface area contributed by atoms with Gasteiger partial charge in [-0.15, -0.1) is 0 Å². The normalized spacial score (nSPS) is 17.5. The van der Waals surface area contributed by atoms with Crippen LogP contribution >= 0.6 is 0 Å². The van der Waals surface area contributed by atoms with Gasteiger partial charge in [0.15, 0.2) is 0 Å². The van der Waals surface area contributed by atoms with E-state index in [0.29, 0.717) is 6.54 Å². The topological polar surface area (TPSA) is 41.9 Å². The third-order valence-corrected chi connectivity index (χ3v) is 3.62. The number of rotatable bonds is 7. The molecule has 1 aromatic rings. The van der Waals surface area contributed by atoms with Crippen LogP contribution in [0.25, 0.3) is 0 Å². The Labute approximate surface area is 126 Å². The molecular formula is C17H23NO3. The summed E-state index contributed by atoms with van der Waals surface area (Å²) in [6, 6.07) is 7.90. The Morgan fingerprint density at radius 3 is 2.52 bits per heavy atom. The molecule has 0 fully saturated rings. The number of nitrogens with zero attached hydrogens (tertiary/aromatic N) is 1. The van der Waals surface area contributed by atoms with E-state index in [1.807, 2.05) is 24.3 Å². The first-order valence-corrected chi connectivity index (χ1v) is 7.16. The van der Waals surface area contributed by atoms with Gasteiger partial charge in [-0.25, -0.2) is 0 Å². The summed E-state index contributed by atoms with van der Waals surface area (Å²) >= 11 is 0. The maximum atomic E-state index is 9.28. The van der Waals surface area contributed by atoms with E-state index in [-0.39, 0.29) is 12.7 Å². The summed E-state index contributed by atoms with van der Waals surface area (Å²) in [5.74, 6) is 0.836. The predicted octanol–water partition coefficient (Wildman–Crippen LogP) is 2.40. The van der Waals surface area contributed by atoms with Crippen molar-refractivity contribution in [2.75, 3.05) is 38.8 Å². The molecule has 0 saturated carbocycles. The van der Waals surface area contributed by atoms with Gasteiger partial charge in [-0.2, -0.15) is 0 Å². The Morgan fingerprint density at radius 1 is 1.24 bits per heavy atom. The minimum atomic E-state index is 0.129. The molecule has 0 radical (unpaired) electrons. The summed E-state index contributed by atoms with van der Waals surface area (Å²) < 4.78 is 10.5. The minimum Gasteiger partial charge on any atom is -0.497 e. The SMILES string of the molecule is COc1ccc(N(CCO)CC2=CCC(OC)C=C2)cc1. The molecule has 0 amide bonds. The highest BCUT2D eigenvalue weighted by atomic mass is 16.5. The Bertz CT molecular complexity index is 493. The van der Waals surface area contributed by atoms with E-state index >= 15 is 0 Å². The number of aliphatic hydroxyl groups excluding tert-OH is 1. The molecule has 1 atom stereocenters. The molecule has 1 unspecified atom stereocenters. The summed E-state index contributed by atoms with van der Waals surface area (Å²) in [7, 11) is 3.38. The second kappa shape index (κ2) is 7.86. The molecule has 0 spiro atoms. The number of methoxy groups -OCH3 is 2. The van der Waals surface area contributed by atoms with Crippen LogP contribution in [0.4, 0.5) is 5.69 Å². The van der Waals surface area contributed by atoms with Crippen LogP contribution in [-0.2, 0) is 4.74 Å². The van der Waals surface area contributed by atoms with Gasteiger partial charge in [0.1, 0.15) is 5.75 Å². The Hall–Kier alpha value is -1.78. The number of anilines is 1. The van der Waals surface area contributed by atoms with Crippen molar-refractivity contribution in [2.45, 2.75) is 12.5 Å². The highest BCUT2D eigenvalue weighted by Crippen LogP contribution is 2.21. The van der Waals surface area contributed by atoms with Crippen LogP contribution < -0.4 is 9.64 Å². The highest BCUT2D eigenvalue weighted by molar-refractivity contribution is 5.51. The molecule has 0 aliphatic heterocycles. The minimum absolute atomic E-state index is 0.129. The van der Waals surface area contributed by atoms with Gasteiger partial charge in [0.25, 0.3) is 0 Å². The Morgan fingerprint density at radius 2 is 2.00 bits per heavy atom. The molecular weight excluding hydrogens is 266 g/mol. The van der Waals surface area contributed by atoms with E-state index in [1.165, 1.54) is 5.57 Å². The fourth-order valence-corrected chi connectivity index (χ4v) is 2.37. The van der Waals surface area contributed by atoms with E-state index in [1.54, 1.807) is 14.2 Å². The number of ether oxygens (including phenoxy) is 2. The van der Waals surface area contributed by atoms with Crippen LogP contribution in [0.15, 0.2) is 48.1 Å². The van der Waals surface area contributed by atoms with Crippen LogP contribution in [0.2, 0.25) is 0 Å². The van der Waals surface area contributed by atoms with Crippen molar-refractivity contribution in [2.24, 2.45) is 0 Å². The van der Waals surface area contributed by atoms with Gasteiger partial charge >= 0.3 is 0 Å². The first kappa shape index (κ1) is 15.6. The van der Waals surface area contributed by atoms with Crippen LogP contribution in [0.1, 0.15) is 6.42 Å². The van der Waals surface area contributed by atoms with Crippen LogP contribution in [0, 0.1) is 0 Å². The van der Waals surface area contributed by atoms with Crippen molar-refractivity contribution in [1.82, 2.24) is 0 Å². The van der Waals surface area contributed by atoms with E-state index in [2.05, 4.69) is 23.1 Å². The summed E-state index contributed by atoms with van der Waals surface area (Å²) in [5, 5.41) is 9.28. The standard InChI is InChI=1S/C17H23NO3/c1-20-16-7-3-14(4-8-16)13-18(11-12-19)15-5-9-17(21-2)10-6-15/h3-7,9-10,16,19H,8,11-13H2,1-2H3. The van der Waals surface area contributed by atoms with Gasteiger partial charge in [0, 0.05) is 25.9 Å². The van der Waals surface area contributed by atoms with Crippen molar-refractivity contribution in [3.63, 3.8) is 0 Å². The van der Waals surface area contributed by atoms with Crippen molar-refractivity contribution >= 4 is 5.69 Å². The Kier molecular flexibility index (Phi) is 5.84. The molecule has 4 heteroatoms. The molecule has 0 aromatic heterocycles. The zero-order valence-electron chi connectivity index (χ0n) is 12.7. The van der Waals surface area contributed by atoms with Crippen LogP contribution in [0.3, 0.4) is 0 Å². The first-order valence-electron chi connectivity index (χ1n) is 7.16. The predicted molar refractivity (Wildman–Crippen MR) is 84.9 cm³/mol. The maximum absolute atomic E-state index is 9.28.